The van der Waals surface area contributed by atoms with Crippen LogP contribution < -0.4 is 16.3 Å². The number of aryl methyl sites for hydroxylation is 2. The zero-order valence-corrected chi connectivity index (χ0v) is 18.7. The van der Waals surface area contributed by atoms with Gasteiger partial charge in [-0.3, -0.25) is 0 Å². The molecule has 8 heteroatoms. The van der Waals surface area contributed by atoms with Gasteiger partial charge in [-0.2, -0.15) is 0 Å². The van der Waals surface area contributed by atoms with E-state index in [0.717, 1.165) is 27.8 Å². The average Bonchev–Trinajstić information content (AvgIpc) is 2.70. The first-order chi connectivity index (χ1) is 14.1. The summed E-state index contributed by atoms with van der Waals surface area (Å²) in [6, 6.07) is 10.3. The largest absolute Gasteiger partial charge is 0.422 e. The van der Waals surface area contributed by atoms with Crippen molar-refractivity contribution in [2.75, 3.05) is 31.3 Å². The van der Waals surface area contributed by atoms with Crippen LogP contribution in [0.1, 0.15) is 23.6 Å². The van der Waals surface area contributed by atoms with E-state index in [0.29, 0.717) is 24.4 Å². The molecule has 1 aromatic heterocycles. The molecule has 0 spiro atoms. The minimum atomic E-state index is -3.57. The molecular formula is C22H27N3O4S. The lowest BCUT2D eigenvalue weighted by Gasteiger charge is -2.17. The minimum Gasteiger partial charge on any atom is -0.422 e. The van der Waals surface area contributed by atoms with Gasteiger partial charge in [0, 0.05) is 38.6 Å². The third-order valence-electron chi connectivity index (χ3n) is 5.12. The Hall–Kier alpha value is -2.84. The van der Waals surface area contributed by atoms with Crippen LogP contribution >= 0.6 is 0 Å². The maximum Gasteiger partial charge on any atom is 0.336 e. The second kappa shape index (κ2) is 8.49. The van der Waals surface area contributed by atoms with E-state index in [4.69, 9.17) is 4.42 Å². The van der Waals surface area contributed by atoms with Crippen LogP contribution in [0, 0.1) is 13.8 Å². The summed E-state index contributed by atoms with van der Waals surface area (Å²) in [7, 11) is -0.565. The topological polar surface area (TPSA) is 91.7 Å². The van der Waals surface area contributed by atoms with Crippen molar-refractivity contribution in [3.8, 4) is 0 Å². The summed E-state index contributed by atoms with van der Waals surface area (Å²) in [6.45, 7) is 6.89. The number of nitrogens with zero attached hydrogens (tertiary/aromatic N) is 1. The van der Waals surface area contributed by atoms with E-state index in [1.54, 1.807) is 18.2 Å². The third kappa shape index (κ3) is 4.20. The quantitative estimate of drug-likeness (QED) is 0.557. The zero-order valence-electron chi connectivity index (χ0n) is 17.9. The van der Waals surface area contributed by atoms with Crippen LogP contribution in [0.15, 0.2) is 50.5 Å². The molecule has 2 aromatic carbocycles. The lowest BCUT2D eigenvalue weighted by Crippen LogP contribution is -2.22. The second-order valence-electron chi connectivity index (χ2n) is 7.35. The molecule has 2 N–H and O–H groups in total. The highest BCUT2D eigenvalue weighted by Crippen LogP contribution is 2.29. The van der Waals surface area contributed by atoms with Gasteiger partial charge in [0.25, 0.3) is 0 Å². The molecule has 1 heterocycles. The van der Waals surface area contributed by atoms with Gasteiger partial charge in [-0.05, 0) is 55.7 Å². The molecule has 0 saturated carbocycles. The zero-order chi connectivity index (χ0) is 22.1. The van der Waals surface area contributed by atoms with Crippen molar-refractivity contribution < 1.29 is 12.8 Å². The van der Waals surface area contributed by atoms with Gasteiger partial charge in [-0.25, -0.2) is 17.5 Å². The first-order valence-electron chi connectivity index (χ1n) is 9.72. The Labute approximate surface area is 176 Å². The van der Waals surface area contributed by atoms with Crippen LogP contribution in [0.2, 0.25) is 0 Å². The molecule has 160 valence electrons. The molecule has 0 atom stereocenters. The third-order valence-corrected chi connectivity index (χ3v) is 6.93. The Morgan fingerprint density at radius 1 is 1.00 bits per heavy atom. The van der Waals surface area contributed by atoms with E-state index in [9.17, 15) is 13.2 Å². The Balaban J connectivity index is 2.03. The van der Waals surface area contributed by atoms with Crippen LogP contribution in [-0.4, -0.2) is 33.4 Å². The maximum atomic E-state index is 12.5. The van der Waals surface area contributed by atoms with Crippen LogP contribution in [0.3, 0.4) is 0 Å². The molecule has 0 aliphatic carbocycles. The summed E-state index contributed by atoms with van der Waals surface area (Å²) in [5, 5.41) is 7.38. The van der Waals surface area contributed by atoms with Crippen LogP contribution in [-0.2, 0) is 16.6 Å². The van der Waals surface area contributed by atoms with Crippen molar-refractivity contribution in [2.24, 2.45) is 0 Å². The molecule has 0 bridgehead atoms. The predicted molar refractivity (Wildman–Crippen MR) is 121 cm³/mol. The molecule has 3 rings (SSSR count). The summed E-state index contributed by atoms with van der Waals surface area (Å²) in [6.07, 6.45) is 0. The highest BCUT2D eigenvalue weighted by molar-refractivity contribution is 7.89. The monoisotopic (exact) mass is 429 g/mol. The number of anilines is 2. The molecule has 0 fully saturated rings. The molecular weight excluding hydrogens is 402 g/mol. The molecule has 0 aliphatic heterocycles. The van der Waals surface area contributed by atoms with Crippen LogP contribution in [0.4, 0.5) is 11.4 Å². The number of rotatable bonds is 7. The molecule has 0 unspecified atom stereocenters. The number of fused-ring (bicyclic) bond motifs is 1. The van der Waals surface area contributed by atoms with Crippen molar-refractivity contribution in [2.45, 2.75) is 32.2 Å². The molecule has 0 radical (unpaired) electrons. The Kier molecular flexibility index (Phi) is 6.19. The number of nitrogens with one attached hydrogen (secondary N) is 2. The standard InChI is InChI=1S/C22H27N3O4S/c1-6-23-19-10-8-17(30(27,28)25(4)5)12-20(19)24-13-16-11-21(26)29-22-15(3)14(2)7-9-18(16)22/h7-12,23-24H,6,13H2,1-5H3. The normalized spacial score (nSPS) is 11.8. The SMILES string of the molecule is CCNc1ccc(S(=O)(=O)N(C)C)cc1NCc1cc(=O)oc2c(C)c(C)ccc12. The fourth-order valence-corrected chi connectivity index (χ4v) is 4.18. The fraction of sp³-hybridized carbons (Fsp3) is 0.318. The van der Waals surface area contributed by atoms with Gasteiger partial charge < -0.3 is 15.1 Å². The average molecular weight is 430 g/mol. The van der Waals surface area contributed by atoms with Gasteiger partial charge in [-0.15, -0.1) is 0 Å². The summed E-state index contributed by atoms with van der Waals surface area (Å²) in [5.74, 6) is 0. The van der Waals surface area contributed by atoms with Gasteiger partial charge in [0.15, 0.2) is 0 Å². The van der Waals surface area contributed by atoms with Gasteiger partial charge in [0.2, 0.25) is 10.0 Å². The predicted octanol–water partition coefficient (Wildman–Crippen LogP) is 3.70. The van der Waals surface area contributed by atoms with Gasteiger partial charge in [0.1, 0.15) is 5.58 Å². The van der Waals surface area contributed by atoms with Crippen molar-refractivity contribution in [1.82, 2.24) is 4.31 Å². The van der Waals surface area contributed by atoms with Crippen molar-refractivity contribution >= 4 is 32.4 Å². The van der Waals surface area contributed by atoms with E-state index >= 15 is 0 Å². The lowest BCUT2D eigenvalue weighted by atomic mass is 10.0. The van der Waals surface area contributed by atoms with E-state index in [1.807, 2.05) is 32.9 Å². The minimum absolute atomic E-state index is 0.195. The van der Waals surface area contributed by atoms with Crippen molar-refractivity contribution in [3.05, 3.63) is 63.5 Å². The van der Waals surface area contributed by atoms with Crippen LogP contribution in [0.5, 0.6) is 0 Å². The molecule has 0 aliphatic rings. The number of hydrogen-bond acceptors (Lipinski definition) is 6. The fourth-order valence-electron chi connectivity index (χ4n) is 3.25. The first kappa shape index (κ1) is 21.9. The summed E-state index contributed by atoms with van der Waals surface area (Å²) >= 11 is 0. The number of sulfonamides is 1. The van der Waals surface area contributed by atoms with Gasteiger partial charge in [-0.1, -0.05) is 12.1 Å². The highest BCUT2D eigenvalue weighted by Gasteiger charge is 2.19. The van der Waals surface area contributed by atoms with E-state index in [-0.39, 0.29) is 4.90 Å². The smallest absolute Gasteiger partial charge is 0.336 e. The summed E-state index contributed by atoms with van der Waals surface area (Å²) < 4.78 is 31.7. The summed E-state index contributed by atoms with van der Waals surface area (Å²) in [5.41, 5.74) is 4.36. The van der Waals surface area contributed by atoms with Crippen LogP contribution in [0.25, 0.3) is 11.0 Å². The number of benzene rings is 2. The lowest BCUT2D eigenvalue weighted by molar-refractivity contribution is 0.521. The van der Waals surface area contributed by atoms with E-state index in [2.05, 4.69) is 10.6 Å². The Bertz CT molecular complexity index is 1250. The molecule has 3 aromatic rings. The van der Waals surface area contributed by atoms with E-state index in [1.165, 1.54) is 24.5 Å². The molecule has 0 amide bonds. The summed E-state index contributed by atoms with van der Waals surface area (Å²) in [4.78, 5) is 12.3. The van der Waals surface area contributed by atoms with Crippen molar-refractivity contribution in [3.63, 3.8) is 0 Å². The Morgan fingerprint density at radius 2 is 1.73 bits per heavy atom. The Morgan fingerprint density at radius 3 is 2.40 bits per heavy atom. The van der Waals surface area contributed by atoms with Gasteiger partial charge in [0.05, 0.1) is 16.3 Å². The molecule has 7 nitrogen and oxygen atoms in total. The highest BCUT2D eigenvalue weighted by atomic mass is 32.2. The molecule has 0 saturated heterocycles. The molecule has 30 heavy (non-hydrogen) atoms. The number of hydrogen-bond donors (Lipinski definition) is 2. The van der Waals surface area contributed by atoms with Gasteiger partial charge >= 0.3 is 5.63 Å². The van der Waals surface area contributed by atoms with Crippen molar-refractivity contribution in [1.29, 1.82) is 0 Å². The van der Waals surface area contributed by atoms with E-state index < -0.39 is 15.6 Å². The first-order valence-corrected chi connectivity index (χ1v) is 11.2. The maximum absolute atomic E-state index is 12.5. The second-order valence-corrected chi connectivity index (χ2v) is 9.51.